The molecule has 2 aromatic heterocycles. The molecule has 0 aromatic carbocycles. The predicted octanol–water partition coefficient (Wildman–Crippen LogP) is 1.63. The van der Waals surface area contributed by atoms with Crippen LogP contribution in [0.4, 0.5) is 0 Å². The molecule has 0 bridgehead atoms. The molecule has 3 heterocycles. The molecule has 1 amide bonds. The summed E-state index contributed by atoms with van der Waals surface area (Å²) in [6, 6.07) is 1.91. The summed E-state index contributed by atoms with van der Waals surface area (Å²) in [6.45, 7) is 1.44. The van der Waals surface area contributed by atoms with Crippen LogP contribution in [0, 0.1) is 0 Å². The van der Waals surface area contributed by atoms with Gasteiger partial charge in [-0.05, 0) is 30.8 Å². The topological polar surface area (TPSA) is 80.1 Å². The Balaban J connectivity index is 0.00000161. The fourth-order valence-corrected chi connectivity index (χ4v) is 2.82. The molecule has 3 rings (SSSR count). The largest absolute Gasteiger partial charge is 0.354 e. The lowest BCUT2D eigenvalue weighted by atomic mass is 10.2. The molecule has 2 N–H and O–H groups in total. The minimum atomic E-state index is -0.0425. The Morgan fingerprint density at radius 3 is 3.19 bits per heavy atom. The van der Waals surface area contributed by atoms with E-state index in [0.717, 1.165) is 24.9 Å². The van der Waals surface area contributed by atoms with Crippen LogP contribution in [0.25, 0.3) is 11.4 Å². The van der Waals surface area contributed by atoms with Crippen molar-refractivity contribution >= 4 is 29.7 Å². The number of nitrogens with one attached hydrogen (secondary N) is 2. The number of hydrogen-bond acceptors (Lipinski definition) is 6. The van der Waals surface area contributed by atoms with E-state index < -0.39 is 0 Å². The first-order valence-electron chi connectivity index (χ1n) is 6.69. The smallest absolute Gasteiger partial charge is 0.237 e. The number of nitrogens with zero attached hydrogens (tertiary/aromatic N) is 2. The molecule has 2 aromatic rings. The van der Waals surface area contributed by atoms with Crippen LogP contribution in [0.1, 0.15) is 18.7 Å². The third-order valence-corrected chi connectivity index (χ3v) is 3.95. The maximum absolute atomic E-state index is 11.8. The maximum Gasteiger partial charge on any atom is 0.237 e. The molecule has 8 heteroatoms. The quantitative estimate of drug-likeness (QED) is 0.872. The number of rotatable bonds is 5. The van der Waals surface area contributed by atoms with Gasteiger partial charge in [0.1, 0.15) is 0 Å². The molecule has 1 aliphatic rings. The first kappa shape index (κ1) is 15.9. The number of carbonyl (C=O) groups is 1. The second-order valence-electron chi connectivity index (χ2n) is 4.71. The highest BCUT2D eigenvalue weighted by Crippen LogP contribution is 2.18. The lowest BCUT2D eigenvalue weighted by Crippen LogP contribution is -2.41. The molecule has 0 saturated carbocycles. The number of carbonyl (C=O) groups excluding carboxylic acids is 1. The van der Waals surface area contributed by atoms with Gasteiger partial charge < -0.3 is 15.2 Å². The van der Waals surface area contributed by atoms with Crippen LogP contribution in [0.5, 0.6) is 0 Å². The first-order valence-corrected chi connectivity index (χ1v) is 7.63. The number of halogens is 1. The zero-order valence-corrected chi connectivity index (χ0v) is 13.0. The van der Waals surface area contributed by atoms with Gasteiger partial charge >= 0.3 is 0 Å². The highest BCUT2D eigenvalue weighted by molar-refractivity contribution is 7.08. The molecule has 0 aliphatic carbocycles. The minimum Gasteiger partial charge on any atom is -0.354 e. The number of hydrogen-bond donors (Lipinski definition) is 2. The molecule has 1 fully saturated rings. The van der Waals surface area contributed by atoms with Crippen LogP contribution in [0.15, 0.2) is 21.3 Å². The van der Waals surface area contributed by atoms with Gasteiger partial charge in [-0.1, -0.05) is 5.16 Å². The lowest BCUT2D eigenvalue weighted by molar-refractivity contribution is -0.122. The van der Waals surface area contributed by atoms with Gasteiger partial charge in [-0.15, -0.1) is 12.4 Å². The fraction of sp³-hybridized carbons (Fsp3) is 0.462. The van der Waals surface area contributed by atoms with Crippen molar-refractivity contribution in [2.45, 2.75) is 25.3 Å². The van der Waals surface area contributed by atoms with Crippen LogP contribution in [-0.2, 0) is 11.2 Å². The average molecular weight is 329 g/mol. The van der Waals surface area contributed by atoms with Crippen molar-refractivity contribution in [3.63, 3.8) is 0 Å². The zero-order valence-electron chi connectivity index (χ0n) is 11.4. The summed E-state index contributed by atoms with van der Waals surface area (Å²) >= 11 is 1.59. The summed E-state index contributed by atoms with van der Waals surface area (Å²) in [5.41, 5.74) is 0.962. The van der Waals surface area contributed by atoms with Gasteiger partial charge in [0.2, 0.25) is 17.6 Å². The molecule has 21 heavy (non-hydrogen) atoms. The second-order valence-corrected chi connectivity index (χ2v) is 5.49. The Bertz CT molecular complexity index is 566. The number of amides is 1. The van der Waals surface area contributed by atoms with Gasteiger partial charge in [-0.3, -0.25) is 4.79 Å². The monoisotopic (exact) mass is 328 g/mol. The summed E-state index contributed by atoms with van der Waals surface area (Å²) in [7, 11) is 0. The van der Waals surface area contributed by atoms with E-state index in [1.54, 1.807) is 11.3 Å². The molecular weight excluding hydrogens is 312 g/mol. The van der Waals surface area contributed by atoms with E-state index in [1.165, 1.54) is 0 Å². The van der Waals surface area contributed by atoms with Gasteiger partial charge in [-0.2, -0.15) is 16.3 Å². The van der Waals surface area contributed by atoms with Crippen molar-refractivity contribution in [1.82, 2.24) is 20.8 Å². The molecule has 0 radical (unpaired) electrons. The summed E-state index contributed by atoms with van der Waals surface area (Å²) in [4.78, 5) is 16.1. The SMILES string of the molecule is Cl.O=C(NCCc1nc(-c2ccsc2)no1)C1CCCN1. The minimum absolute atomic E-state index is 0. The van der Waals surface area contributed by atoms with Crippen LogP contribution in [-0.4, -0.2) is 35.2 Å². The van der Waals surface area contributed by atoms with Gasteiger partial charge in [0.25, 0.3) is 0 Å². The standard InChI is InChI=1S/C13H16N4O2S.ClH/c18-13(10-2-1-5-14-10)15-6-3-11-16-12(17-19-11)9-4-7-20-8-9;/h4,7-8,10,14H,1-3,5-6H2,(H,15,18);1H. The van der Waals surface area contributed by atoms with E-state index in [9.17, 15) is 4.79 Å². The molecule has 114 valence electrons. The number of thiophene rings is 1. The summed E-state index contributed by atoms with van der Waals surface area (Å²) in [5.74, 6) is 1.20. The van der Waals surface area contributed by atoms with E-state index in [1.807, 2.05) is 16.8 Å². The Hall–Kier alpha value is -1.44. The highest BCUT2D eigenvalue weighted by Gasteiger charge is 2.21. The van der Waals surface area contributed by atoms with E-state index >= 15 is 0 Å². The van der Waals surface area contributed by atoms with Crippen LogP contribution in [0.3, 0.4) is 0 Å². The van der Waals surface area contributed by atoms with Crippen LogP contribution >= 0.6 is 23.7 Å². The summed E-state index contributed by atoms with van der Waals surface area (Å²) < 4.78 is 5.17. The third-order valence-electron chi connectivity index (χ3n) is 3.26. The molecule has 1 atom stereocenters. The molecular formula is C13H17ClN4O2S. The molecule has 0 spiro atoms. The van der Waals surface area contributed by atoms with Gasteiger partial charge in [0.15, 0.2) is 0 Å². The Morgan fingerprint density at radius 2 is 2.48 bits per heavy atom. The van der Waals surface area contributed by atoms with Crippen molar-refractivity contribution in [3.05, 3.63) is 22.7 Å². The van der Waals surface area contributed by atoms with E-state index in [2.05, 4.69) is 20.8 Å². The maximum atomic E-state index is 11.8. The van der Waals surface area contributed by atoms with Crippen molar-refractivity contribution in [3.8, 4) is 11.4 Å². The summed E-state index contributed by atoms with van der Waals surface area (Å²) in [5, 5.41) is 13.9. The molecule has 1 unspecified atom stereocenters. The Kier molecular flexibility index (Phi) is 5.72. The van der Waals surface area contributed by atoms with Crippen molar-refractivity contribution in [2.75, 3.05) is 13.1 Å². The Labute approximate surface area is 132 Å². The fourth-order valence-electron chi connectivity index (χ4n) is 2.19. The van der Waals surface area contributed by atoms with E-state index in [4.69, 9.17) is 4.52 Å². The third kappa shape index (κ3) is 4.03. The van der Waals surface area contributed by atoms with Gasteiger partial charge in [0, 0.05) is 23.9 Å². The zero-order chi connectivity index (χ0) is 13.8. The lowest BCUT2D eigenvalue weighted by Gasteiger charge is -2.09. The van der Waals surface area contributed by atoms with E-state index in [0.29, 0.717) is 24.7 Å². The van der Waals surface area contributed by atoms with Gasteiger partial charge in [-0.25, -0.2) is 0 Å². The highest BCUT2D eigenvalue weighted by atomic mass is 35.5. The average Bonchev–Trinajstić information content (AvgIpc) is 3.20. The van der Waals surface area contributed by atoms with Gasteiger partial charge in [0.05, 0.1) is 6.04 Å². The van der Waals surface area contributed by atoms with Crippen molar-refractivity contribution in [1.29, 1.82) is 0 Å². The predicted molar refractivity (Wildman–Crippen MR) is 82.6 cm³/mol. The van der Waals surface area contributed by atoms with Crippen molar-refractivity contribution in [2.24, 2.45) is 0 Å². The first-order chi connectivity index (χ1) is 9.83. The normalized spacial score (nSPS) is 17.4. The second kappa shape index (κ2) is 7.53. The van der Waals surface area contributed by atoms with Crippen LogP contribution in [0.2, 0.25) is 0 Å². The van der Waals surface area contributed by atoms with Crippen LogP contribution < -0.4 is 10.6 Å². The summed E-state index contributed by atoms with van der Waals surface area (Å²) in [6.07, 6.45) is 2.52. The molecule has 6 nitrogen and oxygen atoms in total. The molecule has 1 saturated heterocycles. The van der Waals surface area contributed by atoms with Crippen molar-refractivity contribution < 1.29 is 9.32 Å². The van der Waals surface area contributed by atoms with E-state index in [-0.39, 0.29) is 24.4 Å². The molecule has 1 aliphatic heterocycles. The number of aromatic nitrogens is 2. The Morgan fingerprint density at radius 1 is 1.57 bits per heavy atom.